The molecule has 3 nitrogen and oxygen atoms in total. The number of carbonyl (C=O) groups excluding carboxylic acids is 1. The van der Waals surface area contributed by atoms with Gasteiger partial charge >= 0.3 is 0 Å². The topological polar surface area (TPSA) is 55.1 Å². The van der Waals surface area contributed by atoms with E-state index in [4.69, 9.17) is 5.73 Å². The van der Waals surface area contributed by atoms with Gasteiger partial charge in [0.2, 0.25) is 5.91 Å². The minimum atomic E-state index is -0.507. The monoisotopic (exact) mass is 410 g/mol. The van der Waals surface area contributed by atoms with Crippen molar-refractivity contribution in [3.8, 4) is 0 Å². The molecule has 2 aromatic rings. The molecule has 0 fully saturated rings. The molecule has 24 heavy (non-hydrogen) atoms. The summed E-state index contributed by atoms with van der Waals surface area (Å²) >= 11 is 3.43. The van der Waals surface area contributed by atoms with Crippen molar-refractivity contribution in [1.82, 2.24) is 5.32 Å². The predicted molar refractivity (Wildman–Crippen MR) is 105 cm³/mol. The summed E-state index contributed by atoms with van der Waals surface area (Å²) < 4.78 is 1.08. The molecule has 0 bridgehead atoms. The van der Waals surface area contributed by atoms with Gasteiger partial charge in [-0.15, -0.1) is 12.4 Å². The molecule has 1 unspecified atom stereocenters. The zero-order valence-corrected chi connectivity index (χ0v) is 16.1. The van der Waals surface area contributed by atoms with E-state index in [0.717, 1.165) is 22.9 Å². The summed E-state index contributed by atoms with van der Waals surface area (Å²) in [5.74, 6) is -0.0860. The largest absolute Gasteiger partial charge is 0.352 e. The number of halogens is 2. The van der Waals surface area contributed by atoms with Crippen LogP contribution in [0.25, 0.3) is 0 Å². The van der Waals surface area contributed by atoms with E-state index in [-0.39, 0.29) is 24.4 Å². The molecule has 0 aliphatic rings. The smallest absolute Gasteiger partial charge is 0.237 e. The Morgan fingerprint density at radius 1 is 1.08 bits per heavy atom. The fourth-order valence-electron chi connectivity index (χ4n) is 2.42. The van der Waals surface area contributed by atoms with Crippen molar-refractivity contribution >= 4 is 34.2 Å². The normalized spacial score (nSPS) is 12.8. The van der Waals surface area contributed by atoms with Gasteiger partial charge in [-0.1, -0.05) is 58.4 Å². The highest BCUT2D eigenvalue weighted by atomic mass is 79.9. The Kier molecular flexibility index (Phi) is 9.04. The zero-order valence-electron chi connectivity index (χ0n) is 13.7. The third-order valence-corrected chi connectivity index (χ3v) is 4.33. The van der Waals surface area contributed by atoms with Crippen molar-refractivity contribution in [3.05, 3.63) is 70.2 Å². The van der Waals surface area contributed by atoms with Crippen LogP contribution in [0.2, 0.25) is 0 Å². The lowest BCUT2D eigenvalue weighted by Gasteiger charge is -2.17. The summed E-state index contributed by atoms with van der Waals surface area (Å²) in [6.07, 6.45) is 2.39. The van der Waals surface area contributed by atoms with Gasteiger partial charge in [-0.25, -0.2) is 0 Å². The molecule has 5 heteroatoms. The number of amides is 1. The van der Waals surface area contributed by atoms with Crippen molar-refractivity contribution in [2.45, 2.75) is 38.3 Å². The SMILES string of the molecule is CC(CCc1ccc(Br)cc1)NC(=O)[C@@H](N)Cc1ccccc1.Cl. The van der Waals surface area contributed by atoms with Gasteiger partial charge in [0.05, 0.1) is 6.04 Å². The van der Waals surface area contributed by atoms with Crippen LogP contribution in [-0.4, -0.2) is 18.0 Å². The van der Waals surface area contributed by atoms with Gasteiger partial charge in [0.25, 0.3) is 0 Å². The van der Waals surface area contributed by atoms with Crippen molar-refractivity contribution in [1.29, 1.82) is 0 Å². The van der Waals surface area contributed by atoms with E-state index < -0.39 is 6.04 Å². The molecule has 0 aromatic heterocycles. The lowest BCUT2D eigenvalue weighted by Crippen LogP contribution is -2.45. The Bertz CT molecular complexity index is 619. The quantitative estimate of drug-likeness (QED) is 0.726. The number of benzene rings is 2. The molecule has 3 N–H and O–H groups in total. The lowest BCUT2D eigenvalue weighted by atomic mass is 10.0. The van der Waals surface area contributed by atoms with E-state index in [1.54, 1.807) is 0 Å². The van der Waals surface area contributed by atoms with Gasteiger partial charge in [-0.3, -0.25) is 4.79 Å². The number of carbonyl (C=O) groups is 1. The molecular formula is C19H24BrClN2O. The maximum atomic E-state index is 12.2. The first-order valence-corrected chi connectivity index (χ1v) is 8.68. The fourth-order valence-corrected chi connectivity index (χ4v) is 2.68. The van der Waals surface area contributed by atoms with Gasteiger partial charge in [0.15, 0.2) is 0 Å². The summed E-state index contributed by atoms with van der Waals surface area (Å²) in [6, 6.07) is 17.7. The molecule has 0 aliphatic carbocycles. The number of hydrogen-bond donors (Lipinski definition) is 2. The van der Waals surface area contributed by atoms with E-state index >= 15 is 0 Å². The van der Waals surface area contributed by atoms with Crippen LogP contribution < -0.4 is 11.1 Å². The van der Waals surface area contributed by atoms with E-state index in [2.05, 4.69) is 33.4 Å². The second-order valence-corrected chi connectivity index (χ2v) is 6.79. The van der Waals surface area contributed by atoms with Crippen molar-refractivity contribution in [2.24, 2.45) is 5.73 Å². The van der Waals surface area contributed by atoms with Crippen LogP contribution in [-0.2, 0) is 17.6 Å². The molecule has 1 amide bonds. The maximum absolute atomic E-state index is 12.2. The van der Waals surface area contributed by atoms with Gasteiger partial charge in [-0.05, 0) is 49.4 Å². The number of hydrogen-bond acceptors (Lipinski definition) is 2. The van der Waals surface area contributed by atoms with Crippen LogP contribution in [0.3, 0.4) is 0 Å². The van der Waals surface area contributed by atoms with Gasteiger partial charge in [0.1, 0.15) is 0 Å². The Labute approximate surface area is 158 Å². The zero-order chi connectivity index (χ0) is 16.7. The molecule has 2 aromatic carbocycles. The average Bonchev–Trinajstić information content (AvgIpc) is 2.55. The summed E-state index contributed by atoms with van der Waals surface area (Å²) in [5, 5.41) is 3.01. The molecule has 0 heterocycles. The molecule has 130 valence electrons. The lowest BCUT2D eigenvalue weighted by molar-refractivity contribution is -0.123. The Morgan fingerprint density at radius 2 is 1.71 bits per heavy atom. The summed E-state index contributed by atoms with van der Waals surface area (Å²) in [4.78, 5) is 12.2. The molecule has 0 saturated carbocycles. The minimum Gasteiger partial charge on any atom is -0.352 e. The van der Waals surface area contributed by atoms with E-state index in [9.17, 15) is 4.79 Å². The first-order chi connectivity index (χ1) is 11.0. The highest BCUT2D eigenvalue weighted by Gasteiger charge is 2.16. The maximum Gasteiger partial charge on any atom is 0.237 e. The van der Waals surface area contributed by atoms with Gasteiger partial charge in [0, 0.05) is 10.5 Å². The van der Waals surface area contributed by atoms with Crippen LogP contribution in [0.4, 0.5) is 0 Å². The highest BCUT2D eigenvalue weighted by molar-refractivity contribution is 9.10. The Morgan fingerprint density at radius 3 is 2.33 bits per heavy atom. The predicted octanol–water partition coefficient (Wildman–Crippen LogP) is 3.88. The molecule has 0 radical (unpaired) electrons. The minimum absolute atomic E-state index is 0. The summed E-state index contributed by atoms with van der Waals surface area (Å²) in [5.41, 5.74) is 8.35. The number of rotatable bonds is 7. The van der Waals surface area contributed by atoms with Crippen molar-refractivity contribution in [2.75, 3.05) is 0 Å². The average molecular weight is 412 g/mol. The van der Waals surface area contributed by atoms with Crippen LogP contribution in [0, 0.1) is 0 Å². The van der Waals surface area contributed by atoms with Gasteiger partial charge < -0.3 is 11.1 Å². The number of nitrogens with one attached hydrogen (secondary N) is 1. The molecule has 2 atom stereocenters. The third-order valence-electron chi connectivity index (χ3n) is 3.80. The van der Waals surface area contributed by atoms with Crippen LogP contribution in [0.15, 0.2) is 59.1 Å². The van der Waals surface area contributed by atoms with E-state index in [0.29, 0.717) is 6.42 Å². The molecule has 0 spiro atoms. The highest BCUT2D eigenvalue weighted by Crippen LogP contribution is 2.12. The number of aryl methyl sites for hydroxylation is 1. The first-order valence-electron chi connectivity index (χ1n) is 7.89. The van der Waals surface area contributed by atoms with Crippen molar-refractivity contribution in [3.63, 3.8) is 0 Å². The second kappa shape index (κ2) is 10.5. The summed E-state index contributed by atoms with van der Waals surface area (Å²) in [6.45, 7) is 2.02. The van der Waals surface area contributed by atoms with Crippen LogP contribution in [0.1, 0.15) is 24.5 Å². The number of nitrogens with two attached hydrogens (primary N) is 1. The fraction of sp³-hybridized carbons (Fsp3) is 0.316. The Balaban J connectivity index is 0.00000288. The molecular weight excluding hydrogens is 388 g/mol. The Hall–Kier alpha value is -1.36. The van der Waals surface area contributed by atoms with Crippen molar-refractivity contribution < 1.29 is 4.79 Å². The molecule has 0 saturated heterocycles. The standard InChI is InChI=1S/C19H23BrN2O.ClH/c1-14(7-8-15-9-11-17(20)12-10-15)22-19(23)18(21)13-16-5-3-2-4-6-16;/h2-6,9-12,14,18H,7-8,13,21H2,1H3,(H,22,23);1H/t14?,18-;/m0./s1. The second-order valence-electron chi connectivity index (χ2n) is 5.87. The molecule has 0 aliphatic heterocycles. The first kappa shape index (κ1) is 20.7. The third kappa shape index (κ3) is 7.04. The van der Waals surface area contributed by atoms with Crippen LogP contribution in [0.5, 0.6) is 0 Å². The van der Waals surface area contributed by atoms with E-state index in [1.165, 1.54) is 5.56 Å². The summed E-state index contributed by atoms with van der Waals surface area (Å²) in [7, 11) is 0. The van der Waals surface area contributed by atoms with E-state index in [1.807, 2.05) is 49.4 Å². The van der Waals surface area contributed by atoms with Gasteiger partial charge in [-0.2, -0.15) is 0 Å². The van der Waals surface area contributed by atoms with Crippen LogP contribution >= 0.6 is 28.3 Å². The molecule has 2 rings (SSSR count).